The zero-order valence-corrected chi connectivity index (χ0v) is 8.57. The molecule has 0 saturated carbocycles. The van der Waals surface area contributed by atoms with Gasteiger partial charge in [0.2, 0.25) is 0 Å². The number of aliphatic hydroxyl groups is 1. The van der Waals surface area contributed by atoms with E-state index in [1.165, 1.54) is 0 Å². The predicted octanol–water partition coefficient (Wildman–Crippen LogP) is 0.334. The van der Waals surface area contributed by atoms with Crippen molar-refractivity contribution in [1.29, 1.82) is 0 Å². The number of ether oxygens (including phenoxy) is 1. The first-order valence-electron chi connectivity index (χ1n) is 4.16. The van der Waals surface area contributed by atoms with Gasteiger partial charge in [0.05, 0.1) is 13.2 Å². The zero-order chi connectivity index (χ0) is 11.2. The highest BCUT2D eigenvalue weighted by molar-refractivity contribution is 5.89. The molecule has 0 spiro atoms. The molecule has 0 unspecified atom stereocenters. The SMILES string of the molecule is CC(C)(C)OC(=O)NCC(CO)=NO. The van der Waals surface area contributed by atoms with Gasteiger partial charge in [-0.25, -0.2) is 4.79 Å². The van der Waals surface area contributed by atoms with Crippen LogP contribution in [0.1, 0.15) is 20.8 Å². The molecule has 1 amide bonds. The van der Waals surface area contributed by atoms with Gasteiger partial charge in [-0.2, -0.15) is 0 Å². The number of hydrogen-bond donors (Lipinski definition) is 3. The minimum absolute atomic E-state index is 0.0398. The van der Waals surface area contributed by atoms with Gasteiger partial charge in [0, 0.05) is 0 Å². The third-order valence-corrected chi connectivity index (χ3v) is 1.16. The van der Waals surface area contributed by atoms with Crippen LogP contribution in [-0.2, 0) is 4.74 Å². The molecule has 14 heavy (non-hydrogen) atoms. The Balaban J connectivity index is 3.86. The molecule has 0 atom stereocenters. The van der Waals surface area contributed by atoms with Gasteiger partial charge in [-0.1, -0.05) is 5.16 Å². The first kappa shape index (κ1) is 12.7. The van der Waals surface area contributed by atoms with Crippen LogP contribution in [0.4, 0.5) is 4.79 Å². The highest BCUT2D eigenvalue weighted by Gasteiger charge is 2.15. The van der Waals surface area contributed by atoms with Gasteiger partial charge in [0.1, 0.15) is 11.3 Å². The highest BCUT2D eigenvalue weighted by atomic mass is 16.6. The number of nitrogens with one attached hydrogen (secondary N) is 1. The number of alkyl carbamates (subject to hydrolysis) is 1. The molecule has 0 aliphatic rings. The maximum atomic E-state index is 11.0. The van der Waals surface area contributed by atoms with E-state index in [0.29, 0.717) is 0 Å². The minimum atomic E-state index is -0.618. The summed E-state index contributed by atoms with van der Waals surface area (Å²) in [5.41, 5.74) is -0.504. The highest BCUT2D eigenvalue weighted by Crippen LogP contribution is 2.05. The van der Waals surface area contributed by atoms with Crippen LogP contribution in [0.15, 0.2) is 5.16 Å². The second kappa shape index (κ2) is 5.43. The smallest absolute Gasteiger partial charge is 0.407 e. The molecular formula is C8H16N2O4. The van der Waals surface area contributed by atoms with E-state index in [4.69, 9.17) is 15.1 Å². The van der Waals surface area contributed by atoms with Crippen LogP contribution < -0.4 is 5.32 Å². The largest absolute Gasteiger partial charge is 0.444 e. The van der Waals surface area contributed by atoms with E-state index >= 15 is 0 Å². The second-order valence-electron chi connectivity index (χ2n) is 3.68. The average Bonchev–Trinajstić information content (AvgIpc) is 2.03. The van der Waals surface area contributed by atoms with Crippen LogP contribution in [-0.4, -0.2) is 40.9 Å². The first-order chi connectivity index (χ1) is 6.39. The van der Waals surface area contributed by atoms with Crippen molar-refractivity contribution in [3.05, 3.63) is 0 Å². The van der Waals surface area contributed by atoms with Gasteiger partial charge in [0.15, 0.2) is 0 Å². The number of carbonyl (C=O) groups is 1. The normalized spacial score (nSPS) is 12.4. The summed E-state index contributed by atoms with van der Waals surface area (Å²) in [7, 11) is 0. The summed E-state index contributed by atoms with van der Waals surface area (Å²) in [6.07, 6.45) is -0.618. The number of hydrogen-bond acceptors (Lipinski definition) is 5. The Morgan fingerprint density at radius 1 is 1.50 bits per heavy atom. The second-order valence-corrected chi connectivity index (χ2v) is 3.68. The number of aliphatic hydroxyl groups excluding tert-OH is 1. The molecule has 0 saturated heterocycles. The van der Waals surface area contributed by atoms with Crippen molar-refractivity contribution in [1.82, 2.24) is 5.32 Å². The van der Waals surface area contributed by atoms with Gasteiger partial charge in [0.25, 0.3) is 0 Å². The van der Waals surface area contributed by atoms with Crippen molar-refractivity contribution in [2.45, 2.75) is 26.4 Å². The molecule has 0 rings (SSSR count). The molecule has 0 aliphatic carbocycles. The Hall–Kier alpha value is -1.30. The lowest BCUT2D eigenvalue weighted by atomic mass is 10.2. The quantitative estimate of drug-likeness (QED) is 0.351. The maximum Gasteiger partial charge on any atom is 0.407 e. The topological polar surface area (TPSA) is 91.2 Å². The molecule has 0 aromatic heterocycles. The first-order valence-corrected chi connectivity index (χ1v) is 4.16. The van der Waals surface area contributed by atoms with E-state index in [9.17, 15) is 4.79 Å². The third-order valence-electron chi connectivity index (χ3n) is 1.16. The molecule has 3 N–H and O–H groups in total. The summed E-state index contributed by atoms with van der Waals surface area (Å²) in [6, 6.07) is 0. The number of oxime groups is 1. The molecule has 0 aromatic carbocycles. The summed E-state index contributed by atoms with van der Waals surface area (Å²) in [4.78, 5) is 11.0. The molecular weight excluding hydrogens is 188 g/mol. The lowest BCUT2D eigenvalue weighted by Crippen LogP contribution is -2.36. The monoisotopic (exact) mass is 204 g/mol. The Labute approximate surface area is 82.6 Å². The average molecular weight is 204 g/mol. The lowest BCUT2D eigenvalue weighted by molar-refractivity contribution is 0.0535. The van der Waals surface area contributed by atoms with E-state index in [0.717, 1.165) is 0 Å². The van der Waals surface area contributed by atoms with E-state index in [2.05, 4.69) is 10.5 Å². The summed E-state index contributed by atoms with van der Waals surface area (Å²) in [5, 5.41) is 22.0. The van der Waals surface area contributed by atoms with Crippen LogP contribution in [0, 0.1) is 0 Å². The fourth-order valence-electron chi connectivity index (χ4n) is 0.611. The Kier molecular flexibility index (Phi) is 4.93. The van der Waals surface area contributed by atoms with Gasteiger partial charge in [-0.15, -0.1) is 0 Å². The van der Waals surface area contributed by atoms with Gasteiger partial charge in [-0.3, -0.25) is 0 Å². The Bertz CT molecular complexity index is 220. The standard InChI is InChI=1S/C8H16N2O4/c1-8(2,3)14-7(12)9-4-6(5-11)10-13/h11,13H,4-5H2,1-3H3,(H,9,12). The fraction of sp³-hybridized carbons (Fsp3) is 0.750. The van der Waals surface area contributed by atoms with Crippen molar-refractivity contribution in [2.75, 3.05) is 13.2 Å². The third kappa shape index (κ3) is 6.24. The van der Waals surface area contributed by atoms with Gasteiger partial charge in [-0.05, 0) is 20.8 Å². The molecule has 0 aromatic rings. The summed E-state index contributed by atoms with van der Waals surface area (Å²) >= 11 is 0. The van der Waals surface area contributed by atoms with Crippen LogP contribution in [0.3, 0.4) is 0 Å². The van der Waals surface area contributed by atoms with Crippen molar-refractivity contribution in [3.8, 4) is 0 Å². The zero-order valence-electron chi connectivity index (χ0n) is 8.57. The van der Waals surface area contributed by atoms with E-state index < -0.39 is 18.3 Å². The van der Waals surface area contributed by atoms with Crippen LogP contribution in [0.25, 0.3) is 0 Å². The van der Waals surface area contributed by atoms with Crippen molar-refractivity contribution in [3.63, 3.8) is 0 Å². The lowest BCUT2D eigenvalue weighted by Gasteiger charge is -2.19. The molecule has 0 heterocycles. The molecule has 0 fully saturated rings. The van der Waals surface area contributed by atoms with Crippen LogP contribution >= 0.6 is 0 Å². The van der Waals surface area contributed by atoms with Gasteiger partial charge < -0.3 is 20.4 Å². The van der Waals surface area contributed by atoms with Crippen molar-refractivity contribution >= 4 is 11.8 Å². The number of rotatable bonds is 3. The molecule has 6 heteroatoms. The molecule has 0 radical (unpaired) electrons. The number of nitrogens with zero attached hydrogens (tertiary/aromatic N) is 1. The molecule has 0 aliphatic heterocycles. The number of carbonyl (C=O) groups excluding carboxylic acids is 1. The molecule has 0 bridgehead atoms. The molecule has 82 valence electrons. The minimum Gasteiger partial charge on any atom is -0.444 e. The van der Waals surface area contributed by atoms with E-state index in [1.54, 1.807) is 20.8 Å². The van der Waals surface area contributed by atoms with Gasteiger partial charge >= 0.3 is 6.09 Å². The Morgan fingerprint density at radius 3 is 2.43 bits per heavy atom. The summed E-state index contributed by atoms with van der Waals surface area (Å²) in [6.45, 7) is 4.76. The number of amides is 1. The van der Waals surface area contributed by atoms with E-state index in [-0.39, 0.29) is 12.3 Å². The summed E-state index contributed by atoms with van der Waals surface area (Å²) in [5.74, 6) is 0. The predicted molar refractivity (Wildman–Crippen MR) is 50.5 cm³/mol. The fourth-order valence-corrected chi connectivity index (χ4v) is 0.611. The Morgan fingerprint density at radius 2 is 2.07 bits per heavy atom. The van der Waals surface area contributed by atoms with E-state index in [1.807, 2.05) is 0 Å². The molecule has 6 nitrogen and oxygen atoms in total. The summed E-state index contributed by atoms with van der Waals surface area (Å²) < 4.78 is 4.91. The van der Waals surface area contributed by atoms with Crippen LogP contribution in [0.5, 0.6) is 0 Å². The van der Waals surface area contributed by atoms with Crippen molar-refractivity contribution < 1.29 is 19.8 Å². The van der Waals surface area contributed by atoms with Crippen LogP contribution in [0.2, 0.25) is 0 Å². The maximum absolute atomic E-state index is 11.0. The van der Waals surface area contributed by atoms with Crippen molar-refractivity contribution in [2.24, 2.45) is 5.16 Å².